The van der Waals surface area contributed by atoms with Crippen molar-refractivity contribution in [2.24, 2.45) is 0 Å². The van der Waals surface area contributed by atoms with Gasteiger partial charge in [0, 0.05) is 90.9 Å². The highest BCUT2D eigenvalue weighted by Gasteiger charge is 2.27. The summed E-state index contributed by atoms with van der Waals surface area (Å²) in [4.78, 5) is 64.0. The summed E-state index contributed by atoms with van der Waals surface area (Å²) in [6, 6.07) is 14.5. The average Bonchev–Trinajstić information content (AvgIpc) is 3.63. The van der Waals surface area contributed by atoms with Crippen molar-refractivity contribution in [3.8, 4) is 11.1 Å². The largest absolute Gasteiger partial charge is 0.357 e. The Balaban J connectivity index is 1.02. The van der Waals surface area contributed by atoms with Gasteiger partial charge in [0.25, 0.3) is 11.5 Å². The number of halogens is 1. The summed E-state index contributed by atoms with van der Waals surface area (Å²) in [6.45, 7) is 10.4. The van der Waals surface area contributed by atoms with Crippen LogP contribution in [-0.2, 0) is 24.3 Å². The van der Waals surface area contributed by atoms with Crippen molar-refractivity contribution < 1.29 is 18.8 Å². The fraction of sp³-hybridized carbons (Fsp3) is 0.395. The molecule has 7 rings (SSSR count). The quantitative estimate of drug-likeness (QED) is 0.135. The van der Waals surface area contributed by atoms with Crippen LogP contribution in [0.4, 0.5) is 20.7 Å². The van der Waals surface area contributed by atoms with Crippen molar-refractivity contribution in [1.82, 2.24) is 35.3 Å². The minimum Gasteiger partial charge on any atom is -0.357 e. The lowest BCUT2D eigenvalue weighted by Crippen LogP contribution is -2.49. The fourth-order valence-electron chi connectivity index (χ4n) is 7.97. The molecule has 0 aliphatic carbocycles. The number of H-pyrrole nitrogens is 1. The first-order valence-electron chi connectivity index (χ1n) is 19.7. The van der Waals surface area contributed by atoms with E-state index in [1.165, 1.54) is 11.0 Å². The number of urea groups is 1. The van der Waals surface area contributed by atoms with E-state index < -0.39 is 6.03 Å². The number of rotatable bonds is 12. The molecule has 5 aromatic rings. The molecular formula is C43H50FN9O4. The predicted molar refractivity (Wildman–Crippen MR) is 219 cm³/mol. The number of nitrogens with zero attached hydrogens (tertiary/aromatic N) is 6. The first-order chi connectivity index (χ1) is 27.4. The summed E-state index contributed by atoms with van der Waals surface area (Å²) < 4.78 is 17.1. The van der Waals surface area contributed by atoms with Gasteiger partial charge in [-0.3, -0.25) is 34.2 Å². The lowest BCUT2D eigenvalue weighted by molar-refractivity contribution is -0.120. The van der Waals surface area contributed by atoms with Crippen LogP contribution in [-0.4, -0.2) is 75.2 Å². The molecule has 3 N–H and O–H groups in total. The summed E-state index contributed by atoms with van der Waals surface area (Å²) in [5.41, 5.74) is 6.13. The third-order valence-corrected chi connectivity index (χ3v) is 11.1. The van der Waals surface area contributed by atoms with Crippen LogP contribution in [0.15, 0.2) is 65.7 Å². The molecule has 13 nitrogen and oxygen atoms in total. The number of aryl methyl sites for hydroxylation is 2. The Morgan fingerprint density at radius 1 is 1.00 bits per heavy atom. The molecule has 2 fully saturated rings. The van der Waals surface area contributed by atoms with Crippen molar-refractivity contribution in [3.63, 3.8) is 0 Å². The van der Waals surface area contributed by atoms with Crippen LogP contribution in [0, 0.1) is 12.7 Å². The van der Waals surface area contributed by atoms with E-state index in [1.807, 2.05) is 55.2 Å². The van der Waals surface area contributed by atoms with Crippen molar-refractivity contribution >= 4 is 40.3 Å². The van der Waals surface area contributed by atoms with Crippen LogP contribution in [0.25, 0.3) is 22.0 Å². The molecule has 4 amide bonds. The van der Waals surface area contributed by atoms with E-state index in [-0.39, 0.29) is 54.8 Å². The molecule has 0 unspecified atom stereocenters. The van der Waals surface area contributed by atoms with Gasteiger partial charge in [-0.1, -0.05) is 19.4 Å². The molecule has 298 valence electrons. The maximum absolute atomic E-state index is 15.2. The Labute approximate surface area is 331 Å². The van der Waals surface area contributed by atoms with Gasteiger partial charge in [0.2, 0.25) is 5.91 Å². The van der Waals surface area contributed by atoms with Crippen molar-refractivity contribution in [1.29, 1.82) is 0 Å². The van der Waals surface area contributed by atoms with Gasteiger partial charge in [0.15, 0.2) is 0 Å². The first-order valence-corrected chi connectivity index (χ1v) is 19.7. The van der Waals surface area contributed by atoms with Crippen LogP contribution in [0.3, 0.4) is 0 Å². The lowest BCUT2D eigenvalue weighted by atomic mass is 10.00. The second-order valence-electron chi connectivity index (χ2n) is 15.4. The molecule has 2 aromatic carbocycles. The van der Waals surface area contributed by atoms with E-state index in [4.69, 9.17) is 4.98 Å². The van der Waals surface area contributed by atoms with Gasteiger partial charge in [0.1, 0.15) is 11.6 Å². The molecule has 0 atom stereocenters. The van der Waals surface area contributed by atoms with E-state index in [9.17, 15) is 19.2 Å². The highest BCUT2D eigenvalue weighted by molar-refractivity contribution is 6.08. The number of piperidine rings is 1. The number of anilines is 2. The molecule has 2 saturated heterocycles. The number of amides is 4. The molecule has 14 heteroatoms. The molecule has 0 spiro atoms. The van der Waals surface area contributed by atoms with Crippen LogP contribution in [0.5, 0.6) is 0 Å². The summed E-state index contributed by atoms with van der Waals surface area (Å²) >= 11 is 0. The van der Waals surface area contributed by atoms with Crippen molar-refractivity contribution in [2.45, 2.75) is 85.0 Å². The normalized spacial score (nSPS) is 15.2. The van der Waals surface area contributed by atoms with E-state index >= 15 is 4.39 Å². The molecule has 57 heavy (non-hydrogen) atoms. The monoisotopic (exact) mass is 775 g/mol. The molecule has 0 radical (unpaired) electrons. The summed E-state index contributed by atoms with van der Waals surface area (Å²) in [7, 11) is 2.01. The third-order valence-electron chi connectivity index (χ3n) is 11.1. The predicted octanol–water partition coefficient (Wildman–Crippen LogP) is 6.24. The van der Waals surface area contributed by atoms with E-state index in [0.717, 1.165) is 77.9 Å². The number of hydrogen-bond donors (Lipinski definition) is 3. The Morgan fingerprint density at radius 2 is 1.79 bits per heavy atom. The van der Waals surface area contributed by atoms with Crippen LogP contribution in [0.2, 0.25) is 0 Å². The molecule has 5 heterocycles. The molecule has 3 aromatic heterocycles. The smallest absolute Gasteiger partial charge is 0.328 e. The summed E-state index contributed by atoms with van der Waals surface area (Å²) in [6.07, 6.45) is 7.15. The summed E-state index contributed by atoms with van der Waals surface area (Å²) in [5.74, 6) is -0.130. The molecule has 0 bridgehead atoms. The molecule has 0 saturated carbocycles. The van der Waals surface area contributed by atoms with Gasteiger partial charge < -0.3 is 15.2 Å². The zero-order valence-corrected chi connectivity index (χ0v) is 33.2. The van der Waals surface area contributed by atoms with Gasteiger partial charge in [0.05, 0.1) is 17.3 Å². The number of hydrogen-bond acceptors (Lipinski definition) is 8. The topological polar surface area (TPSA) is 149 Å². The number of imide groups is 1. The number of carbonyl (C=O) groups is 3. The number of benzene rings is 2. The Hall–Kier alpha value is -5.89. The number of pyridine rings is 2. The second-order valence-corrected chi connectivity index (χ2v) is 15.4. The minimum absolute atomic E-state index is 0.0709. The number of carbonyl (C=O) groups excluding carboxylic acids is 3. The summed E-state index contributed by atoms with van der Waals surface area (Å²) in [5, 5.41) is 10.6. The Morgan fingerprint density at radius 3 is 2.47 bits per heavy atom. The number of aromatic amines is 1. The maximum Gasteiger partial charge on any atom is 0.328 e. The average molecular weight is 776 g/mol. The Kier molecular flexibility index (Phi) is 11.5. The zero-order valence-electron chi connectivity index (χ0n) is 33.2. The van der Waals surface area contributed by atoms with Crippen molar-refractivity contribution in [3.05, 3.63) is 105 Å². The lowest BCUT2D eigenvalue weighted by Gasteiger charge is -2.37. The number of nitrogens with one attached hydrogen (secondary N) is 3. The van der Waals surface area contributed by atoms with E-state index in [0.29, 0.717) is 28.9 Å². The minimum atomic E-state index is -0.535. The SMILES string of the molecule is CCCc1cc(C)[nH]c(=O)c1CNC(=O)c1cc(-c2ccc(N3CCC(N(C)Cc4ccc(N5CCC(=O)NC5=O)cc4F)CC3)nc2)cc2c1cnn2C(C)C. The third kappa shape index (κ3) is 8.46. The van der Waals surface area contributed by atoms with Gasteiger partial charge in [-0.15, -0.1) is 0 Å². The van der Waals surface area contributed by atoms with Crippen molar-refractivity contribution in [2.75, 3.05) is 36.5 Å². The highest BCUT2D eigenvalue weighted by atomic mass is 19.1. The zero-order chi connectivity index (χ0) is 40.4. The van der Waals surface area contributed by atoms with Gasteiger partial charge in [-0.05, 0) is 101 Å². The molecular weight excluding hydrogens is 726 g/mol. The fourth-order valence-corrected chi connectivity index (χ4v) is 7.97. The Bertz CT molecular complexity index is 2360. The van der Waals surface area contributed by atoms with Gasteiger partial charge in [-0.2, -0.15) is 5.10 Å². The van der Waals surface area contributed by atoms with Crippen LogP contribution >= 0.6 is 0 Å². The standard InChI is InChI=1S/C43H50FN9O4/c1-6-7-28-18-27(4)48-42(56)35(28)23-46-41(55)34-19-31(20-38-36(34)24-47-53(38)26(2)3)29-9-11-39(45-22-29)51-15-12-32(13-16-51)50(5)25-30-8-10-33(21-37(30)44)52-17-14-40(54)49-43(52)57/h8-11,18-22,24,26,32H,6-7,12-17,23,25H2,1-5H3,(H,46,55)(H,48,56)(H,49,54,57). The maximum atomic E-state index is 15.2. The van der Waals surface area contributed by atoms with Crippen LogP contribution < -0.4 is 26.0 Å². The van der Waals surface area contributed by atoms with Crippen LogP contribution in [0.1, 0.15) is 85.2 Å². The molecule has 2 aliphatic rings. The second kappa shape index (κ2) is 16.7. The van der Waals surface area contributed by atoms with E-state index in [2.05, 4.69) is 51.3 Å². The number of aromatic nitrogens is 4. The van der Waals surface area contributed by atoms with Gasteiger partial charge >= 0.3 is 6.03 Å². The first kappa shape index (κ1) is 39.3. The highest BCUT2D eigenvalue weighted by Crippen LogP contribution is 2.31. The van der Waals surface area contributed by atoms with Gasteiger partial charge in [-0.25, -0.2) is 14.2 Å². The van der Waals surface area contributed by atoms with E-state index in [1.54, 1.807) is 18.3 Å². The number of fused-ring (bicyclic) bond motifs is 1. The molecule has 2 aliphatic heterocycles.